The molecule has 0 saturated heterocycles. The molecule has 24 heavy (non-hydrogen) atoms. The Bertz CT molecular complexity index is 617. The molecule has 2 aromatic heterocycles. The van der Waals surface area contributed by atoms with Crippen molar-refractivity contribution in [1.82, 2.24) is 15.6 Å². The Kier molecular flexibility index (Phi) is 7.31. The highest BCUT2D eigenvalue weighted by Crippen LogP contribution is 2.18. The van der Waals surface area contributed by atoms with E-state index in [1.54, 1.807) is 17.6 Å². The van der Waals surface area contributed by atoms with Gasteiger partial charge in [-0.1, -0.05) is 27.7 Å². The van der Waals surface area contributed by atoms with Crippen molar-refractivity contribution in [3.63, 3.8) is 0 Å². The van der Waals surface area contributed by atoms with E-state index in [2.05, 4.69) is 53.7 Å². The number of furan rings is 1. The van der Waals surface area contributed by atoms with Gasteiger partial charge in [-0.2, -0.15) is 0 Å². The van der Waals surface area contributed by atoms with Crippen LogP contribution in [0.1, 0.15) is 50.1 Å². The number of thiazole rings is 1. The number of aliphatic imine (C=N–C) groups is 1. The van der Waals surface area contributed by atoms with Gasteiger partial charge in [-0.25, -0.2) is 9.98 Å². The highest BCUT2D eigenvalue weighted by molar-refractivity contribution is 7.09. The van der Waals surface area contributed by atoms with Crippen molar-refractivity contribution in [2.45, 2.75) is 46.6 Å². The average Bonchev–Trinajstić information content (AvgIpc) is 3.20. The van der Waals surface area contributed by atoms with Crippen molar-refractivity contribution >= 4 is 17.3 Å². The molecule has 2 rings (SSSR count). The van der Waals surface area contributed by atoms with Crippen LogP contribution in [-0.2, 0) is 13.0 Å². The maximum Gasteiger partial charge on any atom is 0.191 e. The first-order valence-corrected chi connectivity index (χ1v) is 9.41. The van der Waals surface area contributed by atoms with Crippen LogP contribution in [0.3, 0.4) is 0 Å². The van der Waals surface area contributed by atoms with E-state index in [9.17, 15) is 0 Å². The van der Waals surface area contributed by atoms with Crippen LogP contribution in [0, 0.1) is 5.92 Å². The first-order valence-electron chi connectivity index (χ1n) is 8.53. The molecule has 2 heterocycles. The molecule has 2 aromatic rings. The number of rotatable bonds is 8. The number of nitrogens with one attached hydrogen (secondary N) is 2. The number of hydrogen-bond acceptors (Lipinski definition) is 4. The molecular weight excluding hydrogens is 320 g/mol. The Hall–Kier alpha value is -1.82. The van der Waals surface area contributed by atoms with Crippen LogP contribution in [0.2, 0.25) is 0 Å². The van der Waals surface area contributed by atoms with Gasteiger partial charge in [-0.05, 0) is 24.0 Å². The topological polar surface area (TPSA) is 62.5 Å². The largest absolute Gasteiger partial charge is 0.469 e. The van der Waals surface area contributed by atoms with Gasteiger partial charge in [0.1, 0.15) is 10.8 Å². The third kappa shape index (κ3) is 6.35. The van der Waals surface area contributed by atoms with Gasteiger partial charge >= 0.3 is 0 Å². The average molecular weight is 349 g/mol. The van der Waals surface area contributed by atoms with Crippen LogP contribution in [-0.4, -0.2) is 24.0 Å². The van der Waals surface area contributed by atoms with Gasteiger partial charge in [0.25, 0.3) is 0 Å². The summed E-state index contributed by atoms with van der Waals surface area (Å²) in [6.45, 7) is 11.0. The molecule has 5 nitrogen and oxygen atoms in total. The highest BCUT2D eigenvalue weighted by Gasteiger charge is 2.06. The molecule has 132 valence electrons. The lowest BCUT2D eigenvalue weighted by atomic mass is 10.2. The Morgan fingerprint density at radius 1 is 1.29 bits per heavy atom. The van der Waals surface area contributed by atoms with Crippen molar-refractivity contribution in [2.24, 2.45) is 10.9 Å². The van der Waals surface area contributed by atoms with Crippen molar-refractivity contribution in [3.05, 3.63) is 40.2 Å². The smallest absolute Gasteiger partial charge is 0.191 e. The molecule has 0 aliphatic carbocycles. The van der Waals surface area contributed by atoms with E-state index in [4.69, 9.17) is 4.42 Å². The number of hydrogen-bond donors (Lipinski definition) is 2. The van der Waals surface area contributed by atoms with Crippen molar-refractivity contribution in [3.8, 4) is 0 Å². The molecule has 0 spiro atoms. The molecule has 0 saturated carbocycles. The molecule has 0 unspecified atom stereocenters. The lowest BCUT2D eigenvalue weighted by Gasteiger charge is -2.13. The zero-order valence-electron chi connectivity index (χ0n) is 15.0. The van der Waals surface area contributed by atoms with Gasteiger partial charge in [0.05, 0.1) is 18.5 Å². The van der Waals surface area contributed by atoms with E-state index in [0.717, 1.165) is 41.9 Å². The standard InChI is InChI=1S/C18H28N4OS/c1-13(2)10-20-18(19-8-7-15-6-5-9-23-15)21-11-17-22-16(12-24-17)14(3)4/h5-6,9,12-14H,7-8,10-11H2,1-4H3,(H2,19,20,21). The van der Waals surface area contributed by atoms with Crippen molar-refractivity contribution in [2.75, 3.05) is 13.1 Å². The van der Waals surface area contributed by atoms with Crippen LogP contribution >= 0.6 is 11.3 Å². The summed E-state index contributed by atoms with van der Waals surface area (Å²) in [6, 6.07) is 3.90. The van der Waals surface area contributed by atoms with Gasteiger partial charge in [-0.15, -0.1) is 11.3 Å². The molecule has 0 fully saturated rings. The Labute approximate surface area is 148 Å². The summed E-state index contributed by atoms with van der Waals surface area (Å²) in [5.74, 6) is 2.84. The minimum atomic E-state index is 0.462. The highest BCUT2D eigenvalue weighted by atomic mass is 32.1. The fourth-order valence-corrected chi connectivity index (χ4v) is 2.92. The van der Waals surface area contributed by atoms with Crippen LogP contribution in [0.25, 0.3) is 0 Å². The zero-order valence-corrected chi connectivity index (χ0v) is 15.8. The second-order valence-corrected chi connectivity index (χ2v) is 7.46. The first-order chi connectivity index (χ1) is 11.5. The number of aromatic nitrogens is 1. The fourth-order valence-electron chi connectivity index (χ4n) is 2.04. The SMILES string of the molecule is CC(C)CNC(=NCc1nc(C(C)C)cs1)NCCc1ccco1. The van der Waals surface area contributed by atoms with E-state index in [0.29, 0.717) is 18.4 Å². The minimum Gasteiger partial charge on any atom is -0.469 e. The molecule has 0 aromatic carbocycles. The summed E-state index contributed by atoms with van der Waals surface area (Å²) in [5, 5.41) is 9.93. The fraction of sp³-hybridized carbons (Fsp3) is 0.556. The Morgan fingerprint density at radius 3 is 2.75 bits per heavy atom. The lowest BCUT2D eigenvalue weighted by Crippen LogP contribution is -2.40. The van der Waals surface area contributed by atoms with Crippen molar-refractivity contribution in [1.29, 1.82) is 0 Å². The molecular formula is C18H28N4OS. The van der Waals surface area contributed by atoms with E-state index >= 15 is 0 Å². The predicted octanol–water partition coefficient (Wildman–Crippen LogP) is 3.79. The van der Waals surface area contributed by atoms with E-state index < -0.39 is 0 Å². The number of guanidine groups is 1. The number of nitrogens with zero attached hydrogens (tertiary/aromatic N) is 2. The summed E-state index contributed by atoms with van der Waals surface area (Å²) in [5.41, 5.74) is 1.15. The lowest BCUT2D eigenvalue weighted by molar-refractivity contribution is 0.506. The van der Waals surface area contributed by atoms with E-state index in [1.807, 2.05) is 12.1 Å². The monoisotopic (exact) mass is 348 g/mol. The Balaban J connectivity index is 1.89. The quantitative estimate of drug-likeness (QED) is 0.563. The molecule has 0 aliphatic heterocycles. The maximum absolute atomic E-state index is 5.36. The normalized spacial score (nSPS) is 12.2. The predicted molar refractivity (Wildman–Crippen MR) is 101 cm³/mol. The molecule has 0 amide bonds. The van der Waals surface area contributed by atoms with Gasteiger partial charge in [0, 0.05) is 24.9 Å². The summed E-state index contributed by atoms with van der Waals surface area (Å²) < 4.78 is 5.36. The summed E-state index contributed by atoms with van der Waals surface area (Å²) in [6.07, 6.45) is 2.54. The van der Waals surface area contributed by atoms with Crippen LogP contribution in [0.5, 0.6) is 0 Å². The Morgan fingerprint density at radius 2 is 2.12 bits per heavy atom. The van der Waals surface area contributed by atoms with Crippen LogP contribution < -0.4 is 10.6 Å². The maximum atomic E-state index is 5.36. The third-order valence-electron chi connectivity index (χ3n) is 3.46. The second-order valence-electron chi connectivity index (χ2n) is 6.52. The van der Waals surface area contributed by atoms with Gasteiger partial charge in [-0.3, -0.25) is 0 Å². The van der Waals surface area contributed by atoms with E-state index in [1.165, 1.54) is 0 Å². The summed E-state index contributed by atoms with van der Waals surface area (Å²) in [4.78, 5) is 9.31. The van der Waals surface area contributed by atoms with Gasteiger partial charge < -0.3 is 15.1 Å². The van der Waals surface area contributed by atoms with Crippen LogP contribution in [0.15, 0.2) is 33.2 Å². The molecule has 6 heteroatoms. The summed E-state index contributed by atoms with van der Waals surface area (Å²) in [7, 11) is 0. The van der Waals surface area contributed by atoms with Gasteiger partial charge in [0.15, 0.2) is 5.96 Å². The van der Waals surface area contributed by atoms with E-state index in [-0.39, 0.29) is 0 Å². The molecule has 2 N–H and O–H groups in total. The summed E-state index contributed by atoms with van der Waals surface area (Å²) >= 11 is 1.68. The molecule has 0 atom stereocenters. The second kappa shape index (κ2) is 9.47. The van der Waals surface area contributed by atoms with Gasteiger partial charge in [0.2, 0.25) is 0 Å². The minimum absolute atomic E-state index is 0.462. The molecule has 0 radical (unpaired) electrons. The third-order valence-corrected chi connectivity index (χ3v) is 4.31. The molecule has 0 aliphatic rings. The van der Waals surface area contributed by atoms with Crippen LogP contribution in [0.4, 0.5) is 0 Å². The molecule has 0 bridgehead atoms. The first kappa shape index (κ1) is 18.5. The van der Waals surface area contributed by atoms with Crippen molar-refractivity contribution < 1.29 is 4.42 Å². The zero-order chi connectivity index (χ0) is 17.4.